The Morgan fingerprint density at radius 3 is 2.15 bits per heavy atom. The van der Waals surface area contributed by atoms with Gasteiger partial charge in [0.15, 0.2) is 0 Å². The van der Waals surface area contributed by atoms with E-state index in [4.69, 9.17) is 0 Å². The fourth-order valence-electron chi connectivity index (χ4n) is 1.73. The Hall–Kier alpha value is -2.62. The van der Waals surface area contributed by atoms with Crippen molar-refractivity contribution in [2.45, 2.75) is 6.92 Å². The maximum atomic E-state index is 10.8. The molecular weight excluding hydrogens is 254 g/mol. The highest BCUT2D eigenvalue weighted by molar-refractivity contribution is 5.98. The average Bonchev–Trinajstić information content (AvgIpc) is 2.53. The Morgan fingerprint density at radius 2 is 1.55 bits per heavy atom. The first-order valence-corrected chi connectivity index (χ1v) is 6.16. The number of carbonyl (C=O) groups excluding carboxylic acids is 1. The molecule has 0 heterocycles. The Bertz CT molecular complexity index is 603. The van der Waals surface area contributed by atoms with E-state index in [9.17, 15) is 4.79 Å². The number of methoxy groups -OCH3 is 1. The van der Waals surface area contributed by atoms with Crippen molar-refractivity contribution in [1.82, 2.24) is 0 Å². The van der Waals surface area contributed by atoms with Gasteiger partial charge in [-0.3, -0.25) is 4.84 Å². The maximum Gasteiger partial charge on any atom is 0.534 e. The Morgan fingerprint density at radius 1 is 0.950 bits per heavy atom. The van der Waals surface area contributed by atoms with Crippen LogP contribution in [0.4, 0.5) is 4.79 Å². The van der Waals surface area contributed by atoms with Gasteiger partial charge in [-0.2, -0.15) is 0 Å². The third kappa shape index (κ3) is 3.45. The fraction of sp³-hybridized carbons (Fsp3) is 0.125. The standard InChI is InChI=1S/C16H15NO3/c1-12(17-20-16(18)19-2)13-8-10-15(11-9-13)14-6-4-3-5-7-14/h3-11H,1-2H3/b17-12+. The van der Waals surface area contributed by atoms with Crippen molar-refractivity contribution in [1.29, 1.82) is 0 Å². The number of hydrogen-bond acceptors (Lipinski definition) is 4. The molecule has 0 amide bonds. The van der Waals surface area contributed by atoms with E-state index in [0.29, 0.717) is 5.71 Å². The van der Waals surface area contributed by atoms with Gasteiger partial charge >= 0.3 is 6.16 Å². The first-order valence-electron chi connectivity index (χ1n) is 6.16. The summed E-state index contributed by atoms with van der Waals surface area (Å²) in [5.41, 5.74) is 3.76. The van der Waals surface area contributed by atoms with E-state index in [1.807, 2.05) is 42.5 Å². The second kappa shape index (κ2) is 6.52. The van der Waals surface area contributed by atoms with Crippen LogP contribution >= 0.6 is 0 Å². The van der Waals surface area contributed by atoms with Crippen molar-refractivity contribution in [3.8, 4) is 11.1 Å². The topological polar surface area (TPSA) is 47.9 Å². The molecule has 4 heteroatoms. The molecule has 0 atom stereocenters. The SMILES string of the molecule is COC(=O)O/N=C(\C)c1ccc(-c2ccccc2)cc1. The van der Waals surface area contributed by atoms with Crippen molar-refractivity contribution >= 4 is 11.9 Å². The first kappa shape index (κ1) is 13.8. The van der Waals surface area contributed by atoms with Gasteiger partial charge in [-0.05, 0) is 23.6 Å². The number of rotatable bonds is 3. The van der Waals surface area contributed by atoms with Gasteiger partial charge in [0.05, 0.1) is 12.8 Å². The smallest absolute Gasteiger partial charge is 0.436 e. The molecule has 0 aromatic heterocycles. The molecule has 0 aliphatic carbocycles. The molecule has 0 spiro atoms. The van der Waals surface area contributed by atoms with Crippen molar-refractivity contribution in [3.05, 3.63) is 60.2 Å². The van der Waals surface area contributed by atoms with E-state index < -0.39 is 6.16 Å². The lowest BCUT2D eigenvalue weighted by Gasteiger charge is -2.04. The van der Waals surface area contributed by atoms with Gasteiger partial charge < -0.3 is 4.74 Å². The summed E-state index contributed by atoms with van der Waals surface area (Å²) in [7, 11) is 1.24. The minimum atomic E-state index is -0.828. The molecule has 20 heavy (non-hydrogen) atoms. The minimum absolute atomic E-state index is 0.606. The zero-order valence-electron chi connectivity index (χ0n) is 11.4. The summed E-state index contributed by atoms with van der Waals surface area (Å²) >= 11 is 0. The Kier molecular flexibility index (Phi) is 4.50. The van der Waals surface area contributed by atoms with Crippen molar-refractivity contribution in [2.24, 2.45) is 5.16 Å². The number of nitrogens with zero attached hydrogens (tertiary/aromatic N) is 1. The van der Waals surface area contributed by atoms with Gasteiger partial charge in [-0.15, -0.1) is 0 Å². The molecule has 2 aromatic rings. The summed E-state index contributed by atoms with van der Waals surface area (Å²) in [6, 6.07) is 18.0. The zero-order chi connectivity index (χ0) is 14.4. The Labute approximate surface area is 117 Å². The molecule has 0 radical (unpaired) electrons. The summed E-state index contributed by atoms with van der Waals surface area (Å²) in [4.78, 5) is 15.4. The largest absolute Gasteiger partial charge is 0.534 e. The summed E-state index contributed by atoms with van der Waals surface area (Å²) in [6.07, 6.45) is -0.828. The van der Waals surface area contributed by atoms with Gasteiger partial charge in [0.1, 0.15) is 0 Å². The lowest BCUT2D eigenvalue weighted by atomic mass is 10.0. The lowest BCUT2D eigenvalue weighted by molar-refractivity contribution is 0.0753. The number of hydrogen-bond donors (Lipinski definition) is 0. The van der Waals surface area contributed by atoms with Crippen LogP contribution in [0, 0.1) is 0 Å². The number of oxime groups is 1. The highest BCUT2D eigenvalue weighted by atomic mass is 16.8. The summed E-state index contributed by atoms with van der Waals surface area (Å²) in [5.74, 6) is 0. The molecule has 0 aliphatic heterocycles. The molecule has 0 aliphatic rings. The van der Waals surface area contributed by atoms with E-state index in [1.165, 1.54) is 7.11 Å². The highest BCUT2D eigenvalue weighted by Gasteiger charge is 2.03. The van der Waals surface area contributed by atoms with Crippen LogP contribution in [0.1, 0.15) is 12.5 Å². The summed E-state index contributed by atoms with van der Waals surface area (Å²) in [6.45, 7) is 1.76. The quantitative estimate of drug-likeness (QED) is 0.368. The van der Waals surface area contributed by atoms with Crippen molar-refractivity contribution in [3.63, 3.8) is 0 Å². The van der Waals surface area contributed by atoms with E-state index in [1.54, 1.807) is 6.92 Å². The maximum absolute atomic E-state index is 10.8. The van der Waals surface area contributed by atoms with E-state index in [0.717, 1.165) is 16.7 Å². The lowest BCUT2D eigenvalue weighted by Crippen LogP contribution is -2.02. The predicted molar refractivity (Wildman–Crippen MR) is 77.6 cm³/mol. The normalized spacial score (nSPS) is 11.0. The van der Waals surface area contributed by atoms with Crippen LogP contribution in [-0.4, -0.2) is 19.0 Å². The van der Waals surface area contributed by atoms with E-state index in [2.05, 4.69) is 26.9 Å². The third-order valence-corrected chi connectivity index (χ3v) is 2.83. The third-order valence-electron chi connectivity index (χ3n) is 2.83. The summed E-state index contributed by atoms with van der Waals surface area (Å²) in [5, 5.41) is 3.71. The van der Waals surface area contributed by atoms with Crippen LogP contribution in [0.15, 0.2) is 59.8 Å². The molecule has 2 rings (SSSR count). The molecule has 0 saturated heterocycles. The molecule has 0 unspecified atom stereocenters. The second-order valence-electron chi connectivity index (χ2n) is 4.17. The van der Waals surface area contributed by atoms with Crippen LogP contribution < -0.4 is 0 Å². The first-order chi connectivity index (χ1) is 9.70. The van der Waals surface area contributed by atoms with Gasteiger partial charge in [0.2, 0.25) is 0 Å². The number of benzene rings is 2. The molecule has 0 fully saturated rings. The van der Waals surface area contributed by atoms with Gasteiger partial charge in [-0.25, -0.2) is 4.79 Å². The van der Waals surface area contributed by atoms with Gasteiger partial charge in [0.25, 0.3) is 0 Å². The van der Waals surface area contributed by atoms with Crippen molar-refractivity contribution < 1.29 is 14.4 Å². The van der Waals surface area contributed by atoms with Crippen LogP contribution in [0.25, 0.3) is 11.1 Å². The minimum Gasteiger partial charge on any atom is -0.436 e. The second-order valence-corrected chi connectivity index (χ2v) is 4.17. The fourth-order valence-corrected chi connectivity index (χ4v) is 1.73. The molecule has 102 valence electrons. The average molecular weight is 269 g/mol. The molecule has 2 aromatic carbocycles. The molecule has 0 N–H and O–H groups in total. The van der Waals surface area contributed by atoms with Crippen LogP contribution in [0.5, 0.6) is 0 Å². The number of carbonyl (C=O) groups is 1. The van der Waals surface area contributed by atoms with Gasteiger partial charge in [-0.1, -0.05) is 59.8 Å². The summed E-state index contributed by atoms with van der Waals surface area (Å²) < 4.78 is 4.35. The monoisotopic (exact) mass is 269 g/mol. The van der Waals surface area contributed by atoms with E-state index in [-0.39, 0.29) is 0 Å². The molecular formula is C16H15NO3. The molecule has 4 nitrogen and oxygen atoms in total. The van der Waals surface area contributed by atoms with Crippen molar-refractivity contribution in [2.75, 3.05) is 7.11 Å². The van der Waals surface area contributed by atoms with Crippen LogP contribution in [0.3, 0.4) is 0 Å². The predicted octanol–water partition coefficient (Wildman–Crippen LogP) is 3.86. The Balaban J connectivity index is 2.14. The van der Waals surface area contributed by atoms with Crippen LogP contribution in [0.2, 0.25) is 0 Å². The van der Waals surface area contributed by atoms with Crippen LogP contribution in [-0.2, 0) is 9.57 Å². The van der Waals surface area contributed by atoms with E-state index >= 15 is 0 Å². The molecule has 0 saturated carbocycles. The van der Waals surface area contributed by atoms with Gasteiger partial charge in [0, 0.05) is 0 Å². The zero-order valence-corrected chi connectivity index (χ0v) is 11.4. The highest BCUT2D eigenvalue weighted by Crippen LogP contribution is 2.19. The molecule has 0 bridgehead atoms. The number of ether oxygens (including phenoxy) is 1.